The van der Waals surface area contributed by atoms with Crippen molar-refractivity contribution in [3.05, 3.63) is 94.0 Å². The average Bonchev–Trinajstić information content (AvgIpc) is 3.73. The summed E-state index contributed by atoms with van der Waals surface area (Å²) in [5.74, 6) is -0.135. The summed E-state index contributed by atoms with van der Waals surface area (Å²) in [6.07, 6.45) is 3.02. The summed E-state index contributed by atoms with van der Waals surface area (Å²) in [6.45, 7) is 9.57. The van der Waals surface area contributed by atoms with Crippen molar-refractivity contribution in [1.82, 2.24) is 9.97 Å². The van der Waals surface area contributed by atoms with E-state index in [1.54, 1.807) is 24.3 Å². The third-order valence-corrected chi connectivity index (χ3v) is 10.9. The molecule has 3 N–H and O–H groups in total. The number of carboxylic acids is 1. The van der Waals surface area contributed by atoms with Crippen LogP contribution in [0.15, 0.2) is 66.7 Å². The summed E-state index contributed by atoms with van der Waals surface area (Å²) in [4.78, 5) is 49.9. The number of para-hydroxylation sites is 1. The molecule has 1 aliphatic rings. The number of carbonyl (C=O) groups is 3. The number of hydrogen-bond donors (Lipinski definition) is 3. The van der Waals surface area contributed by atoms with Crippen LogP contribution in [0.25, 0.3) is 10.2 Å². The van der Waals surface area contributed by atoms with E-state index in [0.717, 1.165) is 34.2 Å². The van der Waals surface area contributed by atoms with Crippen LogP contribution in [0.3, 0.4) is 0 Å². The Morgan fingerprint density at radius 1 is 0.981 bits per heavy atom. The zero-order valence-electron chi connectivity index (χ0n) is 29.7. The molecule has 1 aliphatic heterocycles. The van der Waals surface area contributed by atoms with E-state index in [1.165, 1.54) is 22.7 Å². The number of aryl methyl sites for hydroxylation is 1. The number of benzene rings is 3. The first-order chi connectivity index (χ1) is 24.9. The van der Waals surface area contributed by atoms with Crippen LogP contribution in [-0.2, 0) is 24.1 Å². The van der Waals surface area contributed by atoms with Gasteiger partial charge in [-0.2, -0.15) is 0 Å². The van der Waals surface area contributed by atoms with Crippen LogP contribution in [0.1, 0.15) is 83.8 Å². The second kappa shape index (κ2) is 16.1. The van der Waals surface area contributed by atoms with Gasteiger partial charge in [-0.05, 0) is 105 Å². The number of carbonyl (C=O) groups excluding carboxylic acids is 2. The van der Waals surface area contributed by atoms with Gasteiger partial charge >= 0.3 is 12.1 Å². The summed E-state index contributed by atoms with van der Waals surface area (Å²) in [5, 5.41) is 16.9. The lowest BCUT2D eigenvalue weighted by atomic mass is 9.94. The van der Waals surface area contributed by atoms with Gasteiger partial charge in [0.25, 0.3) is 5.91 Å². The number of ether oxygens (including phenoxy) is 2. The van der Waals surface area contributed by atoms with Crippen molar-refractivity contribution < 1.29 is 29.0 Å². The number of fused-ring (bicyclic) bond motifs is 2. The third kappa shape index (κ3) is 9.25. The molecule has 0 aliphatic carbocycles. The second-order valence-corrected chi connectivity index (χ2v) is 15.9. The van der Waals surface area contributed by atoms with E-state index >= 15 is 0 Å². The first kappa shape index (κ1) is 36.8. The molecule has 0 bridgehead atoms. The Kier molecular flexibility index (Phi) is 11.4. The van der Waals surface area contributed by atoms with Gasteiger partial charge in [-0.3, -0.25) is 15.4 Å². The maximum Gasteiger partial charge on any atom is 0.412 e. The molecule has 11 nitrogen and oxygen atoms in total. The largest absolute Gasteiger partial charge is 0.494 e. The minimum absolute atomic E-state index is 0.0438. The van der Waals surface area contributed by atoms with Crippen LogP contribution >= 0.6 is 22.7 Å². The molecule has 3 heterocycles. The normalized spacial score (nSPS) is 12.8. The van der Waals surface area contributed by atoms with Crippen molar-refractivity contribution in [2.45, 2.75) is 71.9 Å². The number of aromatic carboxylic acids is 1. The van der Waals surface area contributed by atoms with E-state index in [-0.39, 0.29) is 11.6 Å². The number of carboxylic acid groups (broad SMARTS) is 1. The van der Waals surface area contributed by atoms with Gasteiger partial charge < -0.3 is 19.5 Å². The molecule has 0 unspecified atom stereocenters. The minimum Gasteiger partial charge on any atom is -0.494 e. The van der Waals surface area contributed by atoms with Gasteiger partial charge in [-0.1, -0.05) is 49.4 Å². The highest BCUT2D eigenvalue weighted by atomic mass is 32.1. The monoisotopic (exact) mass is 741 g/mol. The van der Waals surface area contributed by atoms with Crippen molar-refractivity contribution >= 4 is 66.8 Å². The SMILES string of the molecule is CC(C)CCC(C)(C)OC(=O)Nc1ccc(OCCCc2sc(N3CCc4cccc(C(=O)Nc5nc6ccccc6s5)c4C3)nc2C(=O)O)cc1. The number of amides is 2. The fraction of sp³-hybridized carbons (Fsp3) is 0.359. The molecule has 6 rings (SSSR count). The molecule has 3 aromatic carbocycles. The average molecular weight is 742 g/mol. The summed E-state index contributed by atoms with van der Waals surface area (Å²) in [7, 11) is 0. The van der Waals surface area contributed by atoms with Crippen molar-refractivity contribution in [3.8, 4) is 5.75 Å². The number of anilines is 3. The summed E-state index contributed by atoms with van der Waals surface area (Å²) in [5.41, 5.74) is 3.48. The predicted molar refractivity (Wildman–Crippen MR) is 206 cm³/mol. The van der Waals surface area contributed by atoms with Gasteiger partial charge in [0.15, 0.2) is 16.0 Å². The third-order valence-electron chi connectivity index (χ3n) is 8.80. The zero-order valence-corrected chi connectivity index (χ0v) is 31.4. The number of hydrogen-bond acceptors (Lipinski definition) is 10. The fourth-order valence-corrected chi connectivity index (χ4v) is 7.98. The number of nitrogens with one attached hydrogen (secondary N) is 2. The molecule has 0 fully saturated rings. The van der Waals surface area contributed by atoms with Crippen LogP contribution in [0.2, 0.25) is 0 Å². The Labute approximate surface area is 311 Å². The molecule has 0 radical (unpaired) electrons. The van der Waals surface area contributed by atoms with Gasteiger partial charge in [0.2, 0.25) is 0 Å². The highest BCUT2D eigenvalue weighted by molar-refractivity contribution is 7.22. The maximum atomic E-state index is 13.5. The molecule has 272 valence electrons. The van der Waals surface area contributed by atoms with Crippen molar-refractivity contribution in [3.63, 3.8) is 0 Å². The fourth-order valence-electron chi connectivity index (χ4n) is 6.00. The number of aromatic nitrogens is 2. The molecular weight excluding hydrogens is 699 g/mol. The summed E-state index contributed by atoms with van der Waals surface area (Å²) >= 11 is 2.80. The van der Waals surface area contributed by atoms with Crippen LogP contribution in [0, 0.1) is 5.92 Å². The van der Waals surface area contributed by atoms with Gasteiger partial charge in [0.05, 0.1) is 16.8 Å². The lowest BCUT2D eigenvalue weighted by molar-refractivity contribution is 0.0383. The van der Waals surface area contributed by atoms with Crippen LogP contribution < -0.4 is 20.3 Å². The van der Waals surface area contributed by atoms with Crippen LogP contribution in [-0.4, -0.2) is 51.8 Å². The lowest BCUT2D eigenvalue weighted by Gasteiger charge is -2.29. The molecule has 13 heteroatoms. The number of nitrogens with zero attached hydrogens (tertiary/aromatic N) is 3. The van der Waals surface area contributed by atoms with E-state index in [9.17, 15) is 19.5 Å². The smallest absolute Gasteiger partial charge is 0.412 e. The van der Waals surface area contributed by atoms with Crippen molar-refractivity contribution in [2.75, 3.05) is 28.7 Å². The first-order valence-electron chi connectivity index (χ1n) is 17.4. The molecule has 2 aromatic heterocycles. The van der Waals surface area contributed by atoms with Gasteiger partial charge in [0, 0.05) is 29.2 Å². The first-order valence-corrected chi connectivity index (χ1v) is 19.1. The van der Waals surface area contributed by atoms with Crippen molar-refractivity contribution in [2.24, 2.45) is 5.92 Å². The Balaban J connectivity index is 1.03. The van der Waals surface area contributed by atoms with E-state index in [4.69, 9.17) is 9.47 Å². The maximum absolute atomic E-state index is 13.5. The second-order valence-electron chi connectivity index (χ2n) is 13.8. The zero-order chi connectivity index (χ0) is 36.8. The van der Waals surface area contributed by atoms with Crippen LogP contribution in [0.5, 0.6) is 5.75 Å². The predicted octanol–water partition coefficient (Wildman–Crippen LogP) is 9.04. The van der Waals surface area contributed by atoms with Crippen molar-refractivity contribution in [1.29, 1.82) is 0 Å². The number of thiazole rings is 2. The molecule has 5 aromatic rings. The Morgan fingerprint density at radius 3 is 2.52 bits per heavy atom. The standard InChI is InChI=1S/C39H43N5O6S2/c1-24(2)18-20-39(3,4)50-38(48)40-26-14-16-27(17-15-26)49-22-8-13-32-33(35(46)47)42-37(52-32)44-21-19-25-9-7-10-28(29(25)23-44)34(45)43-36-41-30-11-5-6-12-31(30)51-36/h5-7,9-12,14-17,24H,8,13,18-23H2,1-4H3,(H,40,48)(H,46,47)(H,41,43,45). The molecule has 0 saturated heterocycles. The van der Waals surface area contributed by atoms with E-state index in [2.05, 4.69) is 34.4 Å². The minimum atomic E-state index is -1.07. The lowest BCUT2D eigenvalue weighted by Crippen LogP contribution is -2.32. The quantitative estimate of drug-likeness (QED) is 0.0950. The highest BCUT2D eigenvalue weighted by Crippen LogP contribution is 2.33. The Hall–Kier alpha value is -5.01. The Morgan fingerprint density at radius 2 is 1.77 bits per heavy atom. The van der Waals surface area contributed by atoms with Gasteiger partial charge in [-0.15, -0.1) is 11.3 Å². The van der Waals surface area contributed by atoms with Gasteiger partial charge in [0.1, 0.15) is 11.4 Å². The highest BCUT2D eigenvalue weighted by Gasteiger charge is 2.27. The molecule has 0 atom stereocenters. The van der Waals surface area contributed by atoms with E-state index in [0.29, 0.717) is 77.0 Å². The molecule has 2 amide bonds. The molecule has 52 heavy (non-hydrogen) atoms. The number of rotatable bonds is 14. The molecule has 0 spiro atoms. The summed E-state index contributed by atoms with van der Waals surface area (Å²) in [6, 6.07) is 20.5. The molecule has 0 saturated carbocycles. The summed E-state index contributed by atoms with van der Waals surface area (Å²) < 4.78 is 12.5. The van der Waals surface area contributed by atoms with E-state index < -0.39 is 17.7 Å². The van der Waals surface area contributed by atoms with Gasteiger partial charge in [-0.25, -0.2) is 19.6 Å². The molecular formula is C39H43N5O6S2. The van der Waals surface area contributed by atoms with Crippen LogP contribution in [0.4, 0.5) is 20.7 Å². The Bertz CT molecular complexity index is 2020. The topological polar surface area (TPSA) is 143 Å². The van der Waals surface area contributed by atoms with E-state index in [1.807, 2.05) is 61.2 Å².